The van der Waals surface area contributed by atoms with Gasteiger partial charge in [0, 0.05) is 19.4 Å². The molecule has 0 saturated heterocycles. The predicted molar refractivity (Wildman–Crippen MR) is 80.1 cm³/mol. The number of carbonyl (C=O) groups excluding carboxylic acids is 1. The number of hydrogen-bond acceptors (Lipinski definition) is 7. The molecule has 1 N–H and O–H groups in total. The van der Waals surface area contributed by atoms with Gasteiger partial charge in [-0.3, -0.25) is 9.63 Å². The highest BCUT2D eigenvalue weighted by atomic mass is 35.5. The van der Waals surface area contributed by atoms with E-state index in [9.17, 15) is 9.59 Å². The van der Waals surface area contributed by atoms with E-state index in [0.717, 1.165) is 5.06 Å². The molecule has 0 radical (unpaired) electrons. The van der Waals surface area contributed by atoms with Crippen molar-refractivity contribution in [1.29, 1.82) is 0 Å². The summed E-state index contributed by atoms with van der Waals surface area (Å²) in [4.78, 5) is 40.6. The van der Waals surface area contributed by atoms with Gasteiger partial charge in [0.2, 0.25) is 10.6 Å². The molecule has 0 aliphatic rings. The minimum atomic E-state index is -1.11. The monoisotopic (exact) mass is 359 g/mol. The van der Waals surface area contributed by atoms with Crippen molar-refractivity contribution < 1.29 is 19.5 Å². The first kappa shape index (κ1) is 18.7. The van der Waals surface area contributed by atoms with E-state index in [4.69, 9.17) is 28.3 Å². The summed E-state index contributed by atoms with van der Waals surface area (Å²) in [6, 6.07) is 2.73. The Morgan fingerprint density at radius 1 is 1.09 bits per heavy atom. The van der Waals surface area contributed by atoms with Crippen molar-refractivity contribution in [2.75, 3.05) is 14.2 Å². The number of amides is 1. The predicted octanol–water partition coefficient (Wildman–Crippen LogP) is 1.59. The number of nitrogens with zero attached hydrogens (tertiary/aromatic N) is 5. The highest BCUT2D eigenvalue weighted by Gasteiger charge is 2.12. The topological polar surface area (TPSA) is 118 Å². The zero-order valence-electron chi connectivity index (χ0n) is 12.0. The Kier molecular flexibility index (Phi) is 7.26. The first-order chi connectivity index (χ1) is 10.8. The molecular formula is C12H11Cl2N5O4. The van der Waals surface area contributed by atoms with Crippen molar-refractivity contribution in [3.05, 3.63) is 46.5 Å². The second-order valence-corrected chi connectivity index (χ2v) is 4.39. The van der Waals surface area contributed by atoms with Gasteiger partial charge in [-0.2, -0.15) is 0 Å². The van der Waals surface area contributed by atoms with Gasteiger partial charge in [0.15, 0.2) is 5.69 Å². The normalized spacial score (nSPS) is 9.57. The number of aromatic nitrogens is 4. The van der Waals surface area contributed by atoms with Gasteiger partial charge >= 0.3 is 5.97 Å². The van der Waals surface area contributed by atoms with Crippen molar-refractivity contribution in [2.45, 2.75) is 0 Å². The Hall–Kier alpha value is -2.36. The lowest BCUT2D eigenvalue weighted by molar-refractivity contribution is -0.0760. The van der Waals surface area contributed by atoms with Gasteiger partial charge < -0.3 is 5.11 Å². The molecule has 1 amide bonds. The Morgan fingerprint density at radius 3 is 1.96 bits per heavy atom. The molecule has 2 aromatic rings. The van der Waals surface area contributed by atoms with Crippen LogP contribution >= 0.6 is 23.2 Å². The van der Waals surface area contributed by atoms with Gasteiger partial charge in [0.1, 0.15) is 5.69 Å². The molecule has 2 heterocycles. The molecule has 0 unspecified atom stereocenters. The van der Waals surface area contributed by atoms with Gasteiger partial charge in [-0.15, -0.1) is 0 Å². The fourth-order valence-electron chi connectivity index (χ4n) is 1.15. The second kappa shape index (κ2) is 8.93. The number of hydrogen-bond donors (Lipinski definition) is 1. The molecule has 23 heavy (non-hydrogen) atoms. The Bertz CT molecular complexity index is 701. The molecular weight excluding hydrogens is 349 g/mol. The summed E-state index contributed by atoms with van der Waals surface area (Å²) < 4.78 is 0. The number of aromatic carboxylic acids is 1. The first-order valence-corrected chi connectivity index (χ1v) is 6.63. The minimum Gasteiger partial charge on any atom is -0.477 e. The second-order valence-electron chi connectivity index (χ2n) is 3.71. The Balaban J connectivity index is 0.000000238. The van der Waals surface area contributed by atoms with Crippen molar-refractivity contribution in [2.24, 2.45) is 0 Å². The van der Waals surface area contributed by atoms with Crippen LogP contribution in [-0.4, -0.2) is 56.1 Å². The van der Waals surface area contributed by atoms with Crippen LogP contribution in [0.2, 0.25) is 10.6 Å². The van der Waals surface area contributed by atoms with E-state index in [-0.39, 0.29) is 27.9 Å². The zero-order chi connectivity index (χ0) is 17.4. The summed E-state index contributed by atoms with van der Waals surface area (Å²) in [5.74, 6) is -1.48. The van der Waals surface area contributed by atoms with Gasteiger partial charge in [0.05, 0.1) is 7.11 Å². The van der Waals surface area contributed by atoms with E-state index in [1.54, 1.807) is 0 Å². The lowest BCUT2D eigenvalue weighted by Crippen LogP contribution is -2.26. The van der Waals surface area contributed by atoms with E-state index in [0.29, 0.717) is 0 Å². The van der Waals surface area contributed by atoms with E-state index in [1.807, 2.05) is 0 Å². The van der Waals surface area contributed by atoms with Crippen LogP contribution in [0.1, 0.15) is 21.0 Å². The number of carboxylic acid groups (broad SMARTS) is 1. The molecule has 122 valence electrons. The van der Waals surface area contributed by atoms with Gasteiger partial charge in [0.25, 0.3) is 5.91 Å². The summed E-state index contributed by atoms with van der Waals surface area (Å²) in [6.45, 7) is 0. The van der Waals surface area contributed by atoms with Gasteiger partial charge in [-0.1, -0.05) is 0 Å². The number of rotatable bonds is 3. The molecule has 0 aromatic carbocycles. The molecule has 0 spiro atoms. The average Bonchev–Trinajstić information content (AvgIpc) is 2.54. The van der Waals surface area contributed by atoms with E-state index in [2.05, 4.69) is 24.8 Å². The SMILES string of the molecule is CON(C)C(=O)c1ccnc(Cl)n1.O=C(O)c1ccnc(Cl)n1. The van der Waals surface area contributed by atoms with Crippen LogP contribution in [0.3, 0.4) is 0 Å². The molecule has 2 aromatic heterocycles. The molecule has 0 atom stereocenters. The zero-order valence-corrected chi connectivity index (χ0v) is 13.5. The maximum atomic E-state index is 11.4. The van der Waals surface area contributed by atoms with Crippen LogP contribution < -0.4 is 0 Å². The molecule has 0 fully saturated rings. The van der Waals surface area contributed by atoms with Crippen molar-refractivity contribution >= 4 is 35.1 Å². The van der Waals surface area contributed by atoms with Crippen LogP contribution in [0.4, 0.5) is 0 Å². The van der Waals surface area contributed by atoms with Crippen molar-refractivity contribution in [1.82, 2.24) is 25.0 Å². The molecule has 0 aliphatic carbocycles. The third-order valence-electron chi connectivity index (χ3n) is 2.25. The largest absolute Gasteiger partial charge is 0.477 e. The first-order valence-electron chi connectivity index (χ1n) is 5.87. The van der Waals surface area contributed by atoms with Gasteiger partial charge in [-0.25, -0.2) is 29.8 Å². The summed E-state index contributed by atoms with van der Waals surface area (Å²) in [6.07, 6.45) is 2.70. The maximum Gasteiger partial charge on any atom is 0.354 e. The quantitative estimate of drug-likeness (QED) is 0.648. The highest BCUT2D eigenvalue weighted by molar-refractivity contribution is 6.28. The molecule has 2 rings (SSSR count). The Morgan fingerprint density at radius 2 is 1.57 bits per heavy atom. The number of carboxylic acids is 1. The van der Waals surface area contributed by atoms with E-state index in [1.165, 1.54) is 38.7 Å². The number of carbonyl (C=O) groups is 2. The van der Waals surface area contributed by atoms with Crippen LogP contribution in [-0.2, 0) is 4.84 Å². The van der Waals surface area contributed by atoms with Crippen LogP contribution in [0.25, 0.3) is 0 Å². The van der Waals surface area contributed by atoms with Crippen LogP contribution in [0, 0.1) is 0 Å². The van der Waals surface area contributed by atoms with Gasteiger partial charge in [-0.05, 0) is 35.3 Å². The average molecular weight is 360 g/mol. The molecule has 0 saturated carbocycles. The number of hydroxylamine groups is 2. The molecule has 0 aliphatic heterocycles. The Labute approximate surface area is 140 Å². The third kappa shape index (κ3) is 6.10. The van der Waals surface area contributed by atoms with Crippen LogP contribution in [0.15, 0.2) is 24.5 Å². The number of halogens is 2. The van der Waals surface area contributed by atoms with E-state index < -0.39 is 5.97 Å². The minimum absolute atomic E-state index is 0.0374. The molecule has 0 bridgehead atoms. The smallest absolute Gasteiger partial charge is 0.354 e. The third-order valence-corrected chi connectivity index (χ3v) is 2.61. The summed E-state index contributed by atoms with van der Waals surface area (Å²) in [7, 11) is 2.87. The van der Waals surface area contributed by atoms with E-state index >= 15 is 0 Å². The highest BCUT2D eigenvalue weighted by Crippen LogP contribution is 2.03. The fourth-order valence-corrected chi connectivity index (χ4v) is 1.45. The maximum absolute atomic E-state index is 11.4. The van der Waals surface area contributed by atoms with Crippen LogP contribution in [0.5, 0.6) is 0 Å². The summed E-state index contributed by atoms with van der Waals surface area (Å²) >= 11 is 10.8. The van der Waals surface area contributed by atoms with Crippen molar-refractivity contribution in [3.8, 4) is 0 Å². The lowest BCUT2D eigenvalue weighted by Gasteiger charge is -2.12. The summed E-state index contributed by atoms with van der Waals surface area (Å²) in [5, 5.41) is 9.40. The summed E-state index contributed by atoms with van der Waals surface area (Å²) in [5.41, 5.74) is 0.101. The fraction of sp³-hybridized carbons (Fsp3) is 0.167. The molecule has 9 nitrogen and oxygen atoms in total. The molecule has 11 heteroatoms. The standard InChI is InChI=1S/C7H8ClN3O2.C5H3ClN2O2/c1-11(13-2)6(12)5-3-4-9-7(8)10-5;6-5-7-2-1-3(8-5)4(9)10/h3-4H,1-2H3;1-2H,(H,9,10). The van der Waals surface area contributed by atoms with Crippen molar-refractivity contribution in [3.63, 3.8) is 0 Å². The lowest BCUT2D eigenvalue weighted by atomic mass is 10.4.